The summed E-state index contributed by atoms with van der Waals surface area (Å²) in [6.45, 7) is 0.539. The third-order valence-electron chi connectivity index (χ3n) is 4.16. The Morgan fingerprint density at radius 3 is 2.56 bits per heavy atom. The summed E-state index contributed by atoms with van der Waals surface area (Å²) >= 11 is 1.26. The highest BCUT2D eigenvalue weighted by atomic mass is 32.2. The molecule has 1 N–H and O–H groups in total. The quantitative estimate of drug-likeness (QED) is 0.528. The van der Waals surface area contributed by atoms with Crippen molar-refractivity contribution in [2.75, 3.05) is 0 Å². The van der Waals surface area contributed by atoms with Crippen LogP contribution in [0.3, 0.4) is 0 Å². The van der Waals surface area contributed by atoms with Crippen LogP contribution in [0, 0.1) is 0 Å². The predicted octanol–water partition coefficient (Wildman–Crippen LogP) is 1.61. The van der Waals surface area contributed by atoms with Gasteiger partial charge in [-0.05, 0) is 29.8 Å². The van der Waals surface area contributed by atoms with Gasteiger partial charge >= 0.3 is 5.69 Å². The highest BCUT2D eigenvalue weighted by molar-refractivity contribution is 7.99. The van der Waals surface area contributed by atoms with Crippen molar-refractivity contribution in [1.82, 2.24) is 29.1 Å². The van der Waals surface area contributed by atoms with Crippen LogP contribution in [0.2, 0.25) is 0 Å². The van der Waals surface area contributed by atoms with Crippen molar-refractivity contribution >= 4 is 22.9 Å². The maximum atomic E-state index is 12.5. The van der Waals surface area contributed by atoms with E-state index in [0.29, 0.717) is 28.0 Å². The lowest BCUT2D eigenvalue weighted by molar-refractivity contribution is 0.649. The Bertz CT molecular complexity index is 1200. The predicted molar refractivity (Wildman–Crippen MR) is 102 cm³/mol. The van der Waals surface area contributed by atoms with Crippen LogP contribution in [-0.2, 0) is 20.0 Å². The molecule has 136 valence electrons. The summed E-state index contributed by atoms with van der Waals surface area (Å²) in [7, 11) is 1.59. The smallest absolute Gasteiger partial charge is 0.312 e. The van der Waals surface area contributed by atoms with Gasteiger partial charge in [-0.25, -0.2) is 19.7 Å². The summed E-state index contributed by atoms with van der Waals surface area (Å²) < 4.78 is 3.16. The van der Waals surface area contributed by atoms with Crippen molar-refractivity contribution in [3.63, 3.8) is 0 Å². The second-order valence-electron chi connectivity index (χ2n) is 5.91. The first-order valence-electron chi connectivity index (χ1n) is 8.32. The van der Waals surface area contributed by atoms with E-state index >= 15 is 0 Å². The molecule has 0 aliphatic rings. The Hall–Kier alpha value is -3.20. The molecule has 8 nitrogen and oxygen atoms in total. The number of hydrogen-bond acceptors (Lipinski definition) is 6. The minimum Gasteiger partial charge on any atom is -0.312 e. The molecule has 1 aromatic carbocycles. The molecule has 0 saturated heterocycles. The van der Waals surface area contributed by atoms with Crippen molar-refractivity contribution in [3.8, 4) is 0 Å². The van der Waals surface area contributed by atoms with Gasteiger partial charge in [-0.15, -0.1) is 0 Å². The zero-order valence-electron chi connectivity index (χ0n) is 14.5. The number of hydrogen-bond donors (Lipinski definition) is 1. The summed E-state index contributed by atoms with van der Waals surface area (Å²) in [5.41, 5.74) is 0.913. The van der Waals surface area contributed by atoms with Crippen LogP contribution in [-0.4, -0.2) is 29.1 Å². The van der Waals surface area contributed by atoms with Gasteiger partial charge in [-0.3, -0.25) is 14.3 Å². The first kappa shape index (κ1) is 17.2. The monoisotopic (exact) mass is 380 g/mol. The first-order valence-corrected chi connectivity index (χ1v) is 9.13. The summed E-state index contributed by atoms with van der Waals surface area (Å²) in [5.74, 6) is 0. The number of rotatable bonds is 5. The lowest BCUT2D eigenvalue weighted by Gasteiger charge is -2.08. The molecule has 0 unspecified atom stereocenters. The van der Waals surface area contributed by atoms with Gasteiger partial charge < -0.3 is 4.57 Å². The number of imidazole rings is 1. The molecule has 3 heterocycles. The van der Waals surface area contributed by atoms with E-state index in [0.717, 1.165) is 12.0 Å². The fourth-order valence-electron chi connectivity index (χ4n) is 2.81. The van der Waals surface area contributed by atoms with E-state index in [4.69, 9.17) is 0 Å². The molecule has 0 saturated carbocycles. The summed E-state index contributed by atoms with van der Waals surface area (Å²) in [4.78, 5) is 39.7. The van der Waals surface area contributed by atoms with E-state index in [1.54, 1.807) is 25.5 Å². The van der Waals surface area contributed by atoms with Crippen LogP contribution in [0.15, 0.2) is 68.7 Å². The SMILES string of the molecule is Cn1c(=O)[nH]c(=O)c2c1nc(Sc1ncccn1)n2CCc1ccccc1. The number of H-pyrrole nitrogens is 1. The third kappa shape index (κ3) is 3.41. The number of fused-ring (bicyclic) bond motifs is 1. The molecule has 4 aromatic rings. The van der Waals surface area contributed by atoms with Crippen molar-refractivity contribution in [3.05, 3.63) is 75.2 Å². The van der Waals surface area contributed by atoms with Crippen molar-refractivity contribution in [2.24, 2.45) is 7.05 Å². The maximum Gasteiger partial charge on any atom is 0.329 e. The molecule has 0 aliphatic carbocycles. The second-order valence-corrected chi connectivity index (χ2v) is 6.84. The molecule has 9 heteroatoms. The van der Waals surface area contributed by atoms with Crippen LogP contribution in [0.5, 0.6) is 0 Å². The van der Waals surface area contributed by atoms with Crippen molar-refractivity contribution in [2.45, 2.75) is 23.3 Å². The minimum absolute atomic E-state index is 0.343. The number of aromatic nitrogens is 6. The van der Waals surface area contributed by atoms with E-state index in [2.05, 4.69) is 19.9 Å². The fraction of sp³-hybridized carbons (Fsp3) is 0.167. The molecular weight excluding hydrogens is 364 g/mol. The van der Waals surface area contributed by atoms with Gasteiger partial charge in [0.1, 0.15) is 0 Å². The van der Waals surface area contributed by atoms with E-state index < -0.39 is 11.2 Å². The summed E-state index contributed by atoms with van der Waals surface area (Å²) in [6, 6.07) is 11.7. The van der Waals surface area contributed by atoms with Crippen LogP contribution in [0.25, 0.3) is 11.2 Å². The van der Waals surface area contributed by atoms with Gasteiger partial charge in [0.05, 0.1) is 0 Å². The molecule has 27 heavy (non-hydrogen) atoms. The van der Waals surface area contributed by atoms with Crippen LogP contribution in [0.4, 0.5) is 0 Å². The van der Waals surface area contributed by atoms with Gasteiger partial charge in [0.2, 0.25) is 0 Å². The molecular formula is C18H16N6O2S. The number of nitrogens with zero attached hydrogens (tertiary/aromatic N) is 5. The topological polar surface area (TPSA) is 98.5 Å². The molecule has 4 rings (SSSR count). The molecule has 0 radical (unpaired) electrons. The highest BCUT2D eigenvalue weighted by Crippen LogP contribution is 2.26. The van der Waals surface area contributed by atoms with E-state index in [1.807, 2.05) is 34.9 Å². The van der Waals surface area contributed by atoms with Crippen molar-refractivity contribution in [1.29, 1.82) is 0 Å². The molecule has 0 bridgehead atoms. The largest absolute Gasteiger partial charge is 0.329 e. The highest BCUT2D eigenvalue weighted by Gasteiger charge is 2.18. The summed E-state index contributed by atoms with van der Waals surface area (Å²) in [5, 5.41) is 1.09. The molecule has 0 aliphatic heterocycles. The first-order chi connectivity index (χ1) is 13.1. The van der Waals surface area contributed by atoms with Crippen LogP contribution < -0.4 is 11.2 Å². The maximum absolute atomic E-state index is 12.5. The molecule has 0 amide bonds. The van der Waals surface area contributed by atoms with Gasteiger partial charge in [-0.2, -0.15) is 0 Å². The van der Waals surface area contributed by atoms with E-state index in [-0.39, 0.29) is 0 Å². The Morgan fingerprint density at radius 1 is 1.07 bits per heavy atom. The molecule has 0 spiro atoms. The van der Waals surface area contributed by atoms with E-state index in [9.17, 15) is 9.59 Å². The van der Waals surface area contributed by atoms with Crippen molar-refractivity contribution < 1.29 is 0 Å². The number of aryl methyl sites for hydroxylation is 3. The second kappa shape index (κ2) is 7.20. The molecule has 3 aromatic heterocycles. The third-order valence-corrected chi connectivity index (χ3v) is 5.05. The van der Waals surface area contributed by atoms with Gasteiger partial charge in [0.25, 0.3) is 5.56 Å². The Labute approximate surface area is 157 Å². The standard InChI is InChI=1S/C18H16N6O2S/c1-23-14-13(15(25)22-17(23)26)24(11-8-12-6-3-2-4-7-12)18(21-14)27-16-19-9-5-10-20-16/h2-7,9-10H,8,11H2,1H3,(H,22,25,26). The summed E-state index contributed by atoms with van der Waals surface area (Å²) in [6.07, 6.45) is 4.02. The molecule has 0 atom stereocenters. The van der Waals surface area contributed by atoms with Gasteiger partial charge in [-0.1, -0.05) is 30.3 Å². The average molecular weight is 380 g/mol. The zero-order valence-corrected chi connectivity index (χ0v) is 15.3. The number of benzene rings is 1. The Kier molecular flexibility index (Phi) is 4.59. The fourth-order valence-corrected chi connectivity index (χ4v) is 3.62. The molecule has 0 fully saturated rings. The lowest BCUT2D eigenvalue weighted by atomic mass is 10.1. The van der Waals surface area contributed by atoms with Gasteiger partial charge in [0, 0.05) is 26.0 Å². The lowest BCUT2D eigenvalue weighted by Crippen LogP contribution is -2.29. The van der Waals surface area contributed by atoms with E-state index in [1.165, 1.54) is 16.3 Å². The number of nitrogens with one attached hydrogen (secondary N) is 1. The van der Waals surface area contributed by atoms with Crippen LogP contribution in [0.1, 0.15) is 5.56 Å². The zero-order chi connectivity index (χ0) is 18.8. The Balaban J connectivity index is 1.82. The van der Waals surface area contributed by atoms with Gasteiger partial charge in [0.15, 0.2) is 21.5 Å². The normalized spacial score (nSPS) is 11.1. The minimum atomic E-state index is -0.493. The van der Waals surface area contributed by atoms with Crippen LogP contribution >= 0.6 is 11.8 Å². The Morgan fingerprint density at radius 2 is 1.81 bits per heavy atom. The number of aromatic amines is 1. The average Bonchev–Trinajstić information content (AvgIpc) is 3.05.